The second-order valence-corrected chi connectivity index (χ2v) is 7.81. The van der Waals surface area contributed by atoms with Crippen LogP contribution in [0.3, 0.4) is 0 Å². The molecule has 28 heavy (non-hydrogen) atoms. The molecule has 2 rings (SSSR count). The third-order valence-electron chi connectivity index (χ3n) is 4.08. The fourth-order valence-corrected chi connectivity index (χ4v) is 4.06. The van der Waals surface area contributed by atoms with E-state index in [9.17, 15) is 22.4 Å². The van der Waals surface area contributed by atoms with E-state index in [0.717, 1.165) is 18.2 Å². The Morgan fingerprint density at radius 2 is 1.79 bits per heavy atom. The number of carbonyl (C=O) groups excluding carboxylic acids is 2. The first-order valence-electron chi connectivity index (χ1n) is 8.56. The first-order valence-corrected chi connectivity index (χ1v) is 10.00. The third kappa shape index (κ3) is 4.73. The van der Waals surface area contributed by atoms with Crippen LogP contribution in [0.25, 0.3) is 0 Å². The summed E-state index contributed by atoms with van der Waals surface area (Å²) >= 11 is 0. The number of rotatable bonds is 8. The maximum absolute atomic E-state index is 14.1. The van der Waals surface area contributed by atoms with Crippen LogP contribution in [0.2, 0.25) is 0 Å². The van der Waals surface area contributed by atoms with Gasteiger partial charge in [-0.3, -0.25) is 4.79 Å². The molecule has 0 radical (unpaired) electrons. The molecule has 0 saturated heterocycles. The minimum Gasteiger partial charge on any atom is -0.457 e. The summed E-state index contributed by atoms with van der Waals surface area (Å²) in [4.78, 5) is 23.3. The number of hydrogen-bond donors (Lipinski definition) is 1. The van der Waals surface area contributed by atoms with Crippen LogP contribution in [0.4, 0.5) is 4.39 Å². The van der Waals surface area contributed by atoms with Gasteiger partial charge in [-0.15, -0.1) is 0 Å². The molecule has 0 bridgehead atoms. The van der Waals surface area contributed by atoms with E-state index in [1.807, 2.05) is 0 Å². The van der Waals surface area contributed by atoms with E-state index in [1.54, 1.807) is 26.0 Å². The Morgan fingerprint density at radius 1 is 1.11 bits per heavy atom. The minimum absolute atomic E-state index is 0.194. The van der Waals surface area contributed by atoms with E-state index in [2.05, 4.69) is 0 Å². The van der Waals surface area contributed by atoms with E-state index < -0.39 is 33.3 Å². The van der Waals surface area contributed by atoms with Gasteiger partial charge in [0, 0.05) is 18.7 Å². The number of ether oxygens (including phenoxy) is 1. The van der Waals surface area contributed by atoms with Gasteiger partial charge in [0.1, 0.15) is 12.4 Å². The highest BCUT2D eigenvalue weighted by atomic mass is 32.2. The normalized spacial score (nSPS) is 11.4. The van der Waals surface area contributed by atoms with Gasteiger partial charge in [0.25, 0.3) is 0 Å². The van der Waals surface area contributed by atoms with Gasteiger partial charge in [0.2, 0.25) is 15.9 Å². The van der Waals surface area contributed by atoms with Crippen LogP contribution >= 0.6 is 0 Å². The Bertz CT molecular complexity index is 988. The van der Waals surface area contributed by atoms with E-state index in [4.69, 9.17) is 10.5 Å². The SMILES string of the molecule is CCN(CC)S(=O)(=O)c1ccc(F)c(C(=O)OCc2cccc(C(N)=O)c2)c1. The largest absolute Gasteiger partial charge is 0.457 e. The molecule has 9 heteroatoms. The highest BCUT2D eigenvalue weighted by Gasteiger charge is 2.24. The number of sulfonamides is 1. The molecule has 0 heterocycles. The van der Waals surface area contributed by atoms with Gasteiger partial charge >= 0.3 is 5.97 Å². The van der Waals surface area contributed by atoms with Crippen LogP contribution < -0.4 is 5.73 Å². The van der Waals surface area contributed by atoms with Gasteiger partial charge < -0.3 is 10.5 Å². The predicted molar refractivity (Wildman–Crippen MR) is 101 cm³/mol. The van der Waals surface area contributed by atoms with Crippen molar-refractivity contribution in [3.63, 3.8) is 0 Å². The predicted octanol–water partition coefficient (Wildman–Crippen LogP) is 2.31. The molecule has 0 aliphatic heterocycles. The number of halogens is 1. The van der Waals surface area contributed by atoms with Crippen LogP contribution in [0, 0.1) is 5.82 Å². The summed E-state index contributed by atoms with van der Waals surface area (Å²) in [5.41, 5.74) is 5.44. The van der Waals surface area contributed by atoms with Crippen molar-refractivity contribution >= 4 is 21.9 Å². The summed E-state index contributed by atoms with van der Waals surface area (Å²) < 4.78 is 45.5. The van der Waals surface area contributed by atoms with Crippen molar-refractivity contribution in [1.82, 2.24) is 4.31 Å². The van der Waals surface area contributed by atoms with Crippen molar-refractivity contribution in [3.05, 3.63) is 65.0 Å². The topological polar surface area (TPSA) is 107 Å². The number of carbonyl (C=O) groups is 2. The highest BCUT2D eigenvalue weighted by Crippen LogP contribution is 2.20. The van der Waals surface area contributed by atoms with Crippen molar-refractivity contribution in [2.75, 3.05) is 13.1 Å². The Balaban J connectivity index is 2.24. The maximum atomic E-state index is 14.1. The minimum atomic E-state index is -3.85. The van der Waals surface area contributed by atoms with Crippen molar-refractivity contribution in [1.29, 1.82) is 0 Å². The van der Waals surface area contributed by atoms with Gasteiger partial charge in [-0.2, -0.15) is 4.31 Å². The second kappa shape index (κ2) is 8.94. The van der Waals surface area contributed by atoms with Crippen molar-refractivity contribution in [2.24, 2.45) is 5.73 Å². The zero-order chi connectivity index (χ0) is 20.9. The zero-order valence-corrected chi connectivity index (χ0v) is 16.3. The molecule has 0 atom stereocenters. The molecular formula is C19H21FN2O5S. The van der Waals surface area contributed by atoms with E-state index in [1.165, 1.54) is 16.4 Å². The molecule has 2 aromatic carbocycles. The van der Waals surface area contributed by atoms with Gasteiger partial charge in [0.15, 0.2) is 0 Å². The standard InChI is InChI=1S/C19H21FN2O5S/c1-3-22(4-2)28(25,26)15-8-9-17(20)16(11-15)19(24)27-12-13-6-5-7-14(10-13)18(21)23/h5-11H,3-4,12H2,1-2H3,(H2,21,23). The lowest BCUT2D eigenvalue weighted by Gasteiger charge is -2.18. The van der Waals surface area contributed by atoms with Crippen LogP contribution in [-0.4, -0.2) is 37.7 Å². The quantitative estimate of drug-likeness (QED) is 0.675. The summed E-state index contributed by atoms with van der Waals surface area (Å²) in [6, 6.07) is 9.13. The first kappa shape index (κ1) is 21.5. The summed E-state index contributed by atoms with van der Waals surface area (Å²) in [6.45, 7) is 3.62. The van der Waals surface area contributed by atoms with Crippen LogP contribution in [0.15, 0.2) is 47.4 Å². The molecule has 0 aromatic heterocycles. The number of esters is 1. The number of benzene rings is 2. The van der Waals surface area contributed by atoms with E-state index in [0.29, 0.717) is 5.56 Å². The van der Waals surface area contributed by atoms with Gasteiger partial charge in [0.05, 0.1) is 10.5 Å². The fourth-order valence-electron chi connectivity index (χ4n) is 2.57. The average Bonchev–Trinajstić information content (AvgIpc) is 2.67. The lowest BCUT2D eigenvalue weighted by atomic mass is 10.1. The van der Waals surface area contributed by atoms with Crippen LogP contribution in [0.5, 0.6) is 0 Å². The Morgan fingerprint density at radius 3 is 2.39 bits per heavy atom. The number of nitrogens with two attached hydrogens (primary N) is 1. The van der Waals surface area contributed by atoms with Crippen LogP contribution in [-0.2, 0) is 21.4 Å². The molecule has 0 fully saturated rings. The molecule has 0 saturated carbocycles. The molecular weight excluding hydrogens is 387 g/mol. The molecule has 2 N–H and O–H groups in total. The van der Waals surface area contributed by atoms with E-state index in [-0.39, 0.29) is 30.2 Å². The summed E-state index contributed by atoms with van der Waals surface area (Å²) in [7, 11) is -3.85. The zero-order valence-electron chi connectivity index (χ0n) is 15.5. The summed E-state index contributed by atoms with van der Waals surface area (Å²) in [5.74, 6) is -2.54. The lowest BCUT2D eigenvalue weighted by Crippen LogP contribution is -2.30. The first-order chi connectivity index (χ1) is 13.2. The van der Waals surface area contributed by atoms with Crippen molar-refractivity contribution in [3.8, 4) is 0 Å². The molecule has 0 spiro atoms. The van der Waals surface area contributed by atoms with Gasteiger partial charge in [-0.05, 0) is 35.9 Å². The number of nitrogens with zero attached hydrogens (tertiary/aromatic N) is 1. The number of primary amides is 1. The number of amides is 1. The molecule has 150 valence electrons. The van der Waals surface area contributed by atoms with Crippen LogP contribution in [0.1, 0.15) is 40.1 Å². The van der Waals surface area contributed by atoms with Crippen molar-refractivity contribution < 1.29 is 27.1 Å². The molecule has 0 aliphatic rings. The molecule has 1 amide bonds. The van der Waals surface area contributed by atoms with Crippen molar-refractivity contribution in [2.45, 2.75) is 25.3 Å². The van der Waals surface area contributed by atoms with Gasteiger partial charge in [-0.25, -0.2) is 17.6 Å². The van der Waals surface area contributed by atoms with E-state index >= 15 is 0 Å². The monoisotopic (exact) mass is 408 g/mol. The molecule has 0 unspecified atom stereocenters. The Labute approximate surface area is 163 Å². The fraction of sp³-hybridized carbons (Fsp3) is 0.263. The van der Waals surface area contributed by atoms with Gasteiger partial charge in [-0.1, -0.05) is 26.0 Å². The Hall–Kier alpha value is -2.78. The maximum Gasteiger partial charge on any atom is 0.341 e. The summed E-state index contributed by atoms with van der Waals surface area (Å²) in [5, 5.41) is 0. The second-order valence-electron chi connectivity index (χ2n) is 5.87. The average molecular weight is 408 g/mol. The lowest BCUT2D eigenvalue weighted by molar-refractivity contribution is 0.0467. The third-order valence-corrected chi connectivity index (χ3v) is 6.13. The molecule has 2 aromatic rings. The summed E-state index contributed by atoms with van der Waals surface area (Å²) in [6.07, 6.45) is 0. The molecule has 7 nitrogen and oxygen atoms in total. The molecule has 0 aliphatic carbocycles. The number of hydrogen-bond acceptors (Lipinski definition) is 5. The Kier molecular flexibility index (Phi) is 6.87. The smallest absolute Gasteiger partial charge is 0.341 e. The highest BCUT2D eigenvalue weighted by molar-refractivity contribution is 7.89.